The van der Waals surface area contributed by atoms with Crippen LogP contribution >= 0.6 is 11.6 Å². The lowest BCUT2D eigenvalue weighted by Gasteiger charge is -2.11. The number of amides is 1. The van der Waals surface area contributed by atoms with E-state index in [1.807, 2.05) is 13.8 Å². The van der Waals surface area contributed by atoms with Crippen molar-refractivity contribution in [2.24, 2.45) is 5.92 Å². The van der Waals surface area contributed by atoms with Gasteiger partial charge in [-0.25, -0.2) is 4.39 Å². The molecule has 0 bridgehead atoms. The SMILES string of the molecule is CCC[C@H](C)C(=O)Nc1ccc(F)c(Cl)c1. The van der Waals surface area contributed by atoms with Gasteiger partial charge in [-0.05, 0) is 24.6 Å². The molecule has 0 radical (unpaired) electrons. The second kappa shape index (κ2) is 5.85. The Morgan fingerprint density at radius 1 is 1.56 bits per heavy atom. The molecule has 1 aromatic carbocycles. The average Bonchev–Trinajstić information content (AvgIpc) is 2.24. The summed E-state index contributed by atoms with van der Waals surface area (Å²) in [5.74, 6) is -0.598. The Kier molecular flexibility index (Phi) is 4.74. The van der Waals surface area contributed by atoms with Gasteiger partial charge in [-0.2, -0.15) is 0 Å². The summed E-state index contributed by atoms with van der Waals surface area (Å²) in [4.78, 5) is 11.7. The first-order valence-electron chi connectivity index (χ1n) is 5.30. The summed E-state index contributed by atoms with van der Waals surface area (Å²) >= 11 is 5.61. The van der Waals surface area contributed by atoms with Gasteiger partial charge >= 0.3 is 0 Å². The van der Waals surface area contributed by atoms with Gasteiger partial charge in [0.2, 0.25) is 5.91 Å². The number of halogens is 2. The Bertz CT molecular complexity index is 381. The van der Waals surface area contributed by atoms with E-state index < -0.39 is 5.82 Å². The van der Waals surface area contributed by atoms with Crippen molar-refractivity contribution in [2.75, 3.05) is 5.32 Å². The molecule has 0 unspecified atom stereocenters. The van der Waals surface area contributed by atoms with Crippen LogP contribution < -0.4 is 5.32 Å². The fourth-order valence-electron chi connectivity index (χ4n) is 1.40. The van der Waals surface area contributed by atoms with Gasteiger partial charge in [-0.3, -0.25) is 4.79 Å². The summed E-state index contributed by atoms with van der Waals surface area (Å²) in [5, 5.41) is 2.72. The first-order valence-corrected chi connectivity index (χ1v) is 5.68. The van der Waals surface area contributed by atoms with E-state index in [9.17, 15) is 9.18 Å². The lowest BCUT2D eigenvalue weighted by atomic mass is 10.1. The monoisotopic (exact) mass is 243 g/mol. The van der Waals surface area contributed by atoms with E-state index in [2.05, 4.69) is 5.32 Å². The van der Waals surface area contributed by atoms with E-state index in [0.29, 0.717) is 5.69 Å². The predicted molar refractivity (Wildman–Crippen MR) is 64.1 cm³/mol. The number of benzene rings is 1. The molecular weight excluding hydrogens is 229 g/mol. The van der Waals surface area contributed by atoms with Gasteiger partial charge in [0.05, 0.1) is 5.02 Å². The van der Waals surface area contributed by atoms with Crippen molar-refractivity contribution in [1.82, 2.24) is 0 Å². The smallest absolute Gasteiger partial charge is 0.227 e. The minimum Gasteiger partial charge on any atom is -0.326 e. The molecule has 1 rings (SSSR count). The molecule has 0 aliphatic heterocycles. The number of nitrogens with one attached hydrogen (secondary N) is 1. The number of rotatable bonds is 4. The lowest BCUT2D eigenvalue weighted by molar-refractivity contribution is -0.119. The molecule has 88 valence electrons. The molecule has 0 saturated carbocycles. The van der Waals surface area contributed by atoms with Crippen LogP contribution in [0.1, 0.15) is 26.7 Å². The highest BCUT2D eigenvalue weighted by molar-refractivity contribution is 6.31. The van der Waals surface area contributed by atoms with Crippen LogP contribution in [0.4, 0.5) is 10.1 Å². The highest BCUT2D eigenvalue weighted by Gasteiger charge is 2.12. The van der Waals surface area contributed by atoms with Crippen LogP contribution in [0.25, 0.3) is 0 Å². The first-order chi connectivity index (χ1) is 7.54. The van der Waals surface area contributed by atoms with Crippen LogP contribution in [0.5, 0.6) is 0 Å². The maximum absolute atomic E-state index is 12.9. The zero-order valence-corrected chi connectivity index (χ0v) is 10.1. The van der Waals surface area contributed by atoms with Crippen LogP contribution in [0.15, 0.2) is 18.2 Å². The Morgan fingerprint density at radius 2 is 2.25 bits per heavy atom. The highest BCUT2D eigenvalue weighted by atomic mass is 35.5. The molecule has 1 aromatic rings. The third-order valence-electron chi connectivity index (χ3n) is 2.36. The van der Waals surface area contributed by atoms with Crippen LogP contribution in [0.3, 0.4) is 0 Å². The molecule has 0 aromatic heterocycles. The zero-order valence-electron chi connectivity index (χ0n) is 9.39. The van der Waals surface area contributed by atoms with E-state index in [-0.39, 0.29) is 16.8 Å². The Morgan fingerprint density at radius 3 is 2.81 bits per heavy atom. The van der Waals surface area contributed by atoms with E-state index in [1.165, 1.54) is 18.2 Å². The molecule has 0 aliphatic rings. The largest absolute Gasteiger partial charge is 0.326 e. The fraction of sp³-hybridized carbons (Fsp3) is 0.417. The van der Waals surface area contributed by atoms with Gasteiger partial charge in [0.25, 0.3) is 0 Å². The topological polar surface area (TPSA) is 29.1 Å². The number of hydrogen-bond donors (Lipinski definition) is 1. The molecule has 2 nitrogen and oxygen atoms in total. The van der Waals surface area contributed by atoms with Crippen molar-refractivity contribution >= 4 is 23.2 Å². The van der Waals surface area contributed by atoms with Gasteiger partial charge in [-0.1, -0.05) is 31.9 Å². The fourth-order valence-corrected chi connectivity index (χ4v) is 1.58. The second-order valence-corrected chi connectivity index (χ2v) is 4.22. The van der Waals surface area contributed by atoms with Crippen LogP contribution in [-0.4, -0.2) is 5.91 Å². The van der Waals surface area contributed by atoms with E-state index in [0.717, 1.165) is 12.8 Å². The van der Waals surface area contributed by atoms with Gasteiger partial charge in [0.1, 0.15) is 5.82 Å². The molecule has 0 fully saturated rings. The predicted octanol–water partition coefficient (Wildman–Crippen LogP) is 3.85. The maximum atomic E-state index is 12.9. The lowest BCUT2D eigenvalue weighted by Crippen LogP contribution is -2.20. The Labute approximate surface area is 99.8 Å². The molecule has 0 saturated heterocycles. The van der Waals surface area contributed by atoms with Crippen molar-refractivity contribution in [3.05, 3.63) is 29.0 Å². The van der Waals surface area contributed by atoms with E-state index in [4.69, 9.17) is 11.6 Å². The highest BCUT2D eigenvalue weighted by Crippen LogP contribution is 2.20. The van der Waals surface area contributed by atoms with Crippen LogP contribution in [0.2, 0.25) is 5.02 Å². The summed E-state index contributed by atoms with van der Waals surface area (Å²) in [6.07, 6.45) is 1.79. The number of anilines is 1. The van der Waals surface area contributed by atoms with E-state index >= 15 is 0 Å². The van der Waals surface area contributed by atoms with Crippen molar-refractivity contribution in [2.45, 2.75) is 26.7 Å². The minimum absolute atomic E-state index is 0.0148. The van der Waals surface area contributed by atoms with Crippen molar-refractivity contribution < 1.29 is 9.18 Å². The molecule has 1 N–H and O–H groups in total. The first kappa shape index (κ1) is 13.0. The zero-order chi connectivity index (χ0) is 12.1. The number of carbonyl (C=O) groups is 1. The quantitative estimate of drug-likeness (QED) is 0.855. The average molecular weight is 244 g/mol. The summed E-state index contributed by atoms with van der Waals surface area (Å²) in [5.41, 5.74) is 0.527. The summed E-state index contributed by atoms with van der Waals surface area (Å²) < 4.78 is 12.9. The standard InChI is InChI=1S/C12H15ClFNO/c1-3-4-8(2)12(16)15-9-5-6-11(14)10(13)7-9/h5-8H,3-4H2,1-2H3,(H,15,16)/t8-/m0/s1. The Hall–Kier alpha value is -1.09. The van der Waals surface area contributed by atoms with E-state index in [1.54, 1.807) is 0 Å². The normalized spacial score (nSPS) is 12.2. The number of hydrogen-bond acceptors (Lipinski definition) is 1. The van der Waals surface area contributed by atoms with Crippen LogP contribution in [0, 0.1) is 11.7 Å². The summed E-state index contributed by atoms with van der Waals surface area (Å²) in [7, 11) is 0. The minimum atomic E-state index is -0.485. The molecule has 1 atom stereocenters. The third kappa shape index (κ3) is 3.49. The molecule has 0 heterocycles. The number of carbonyl (C=O) groups excluding carboxylic acids is 1. The third-order valence-corrected chi connectivity index (χ3v) is 2.65. The Balaban J connectivity index is 2.66. The maximum Gasteiger partial charge on any atom is 0.227 e. The molecule has 16 heavy (non-hydrogen) atoms. The van der Waals surface area contributed by atoms with Crippen molar-refractivity contribution in [3.63, 3.8) is 0 Å². The molecule has 0 aliphatic carbocycles. The van der Waals surface area contributed by atoms with Crippen LogP contribution in [-0.2, 0) is 4.79 Å². The van der Waals surface area contributed by atoms with Gasteiger partial charge in [-0.15, -0.1) is 0 Å². The van der Waals surface area contributed by atoms with Gasteiger partial charge < -0.3 is 5.32 Å². The van der Waals surface area contributed by atoms with Crippen molar-refractivity contribution in [1.29, 1.82) is 0 Å². The molecule has 4 heteroatoms. The van der Waals surface area contributed by atoms with Crippen molar-refractivity contribution in [3.8, 4) is 0 Å². The second-order valence-electron chi connectivity index (χ2n) is 3.81. The summed E-state index contributed by atoms with van der Waals surface area (Å²) in [6, 6.07) is 4.15. The van der Waals surface area contributed by atoms with Gasteiger partial charge in [0.15, 0.2) is 0 Å². The summed E-state index contributed by atoms with van der Waals surface area (Å²) in [6.45, 7) is 3.89. The molecule has 0 spiro atoms. The molecule has 1 amide bonds. The van der Waals surface area contributed by atoms with Gasteiger partial charge in [0, 0.05) is 11.6 Å². The molecular formula is C12H15ClFNO.